The first-order chi connectivity index (χ1) is 7.83. The minimum atomic E-state index is 0.477. The van der Waals surface area contributed by atoms with Gasteiger partial charge in [-0.1, -0.05) is 18.0 Å². The number of nitrogens with zero attached hydrogens (tertiary/aromatic N) is 2. The summed E-state index contributed by atoms with van der Waals surface area (Å²) in [5, 5.41) is 1.10. The molecule has 0 aromatic carbocycles. The van der Waals surface area contributed by atoms with E-state index in [1.165, 1.54) is 43.6 Å². The van der Waals surface area contributed by atoms with Gasteiger partial charge >= 0.3 is 0 Å². The minimum absolute atomic E-state index is 0.477. The van der Waals surface area contributed by atoms with Crippen LogP contribution in [0, 0.1) is 0 Å². The van der Waals surface area contributed by atoms with Crippen molar-refractivity contribution in [1.29, 1.82) is 0 Å². The molecule has 0 amide bonds. The summed E-state index contributed by atoms with van der Waals surface area (Å²) in [6.45, 7) is 0. The van der Waals surface area contributed by atoms with Crippen LogP contribution in [0.2, 0.25) is 5.15 Å². The molecule has 1 atom stereocenters. The van der Waals surface area contributed by atoms with Crippen LogP contribution in [0.1, 0.15) is 54.8 Å². The molecule has 1 unspecified atom stereocenters. The summed E-state index contributed by atoms with van der Waals surface area (Å²) in [7, 11) is 0. The van der Waals surface area contributed by atoms with Gasteiger partial charge in [-0.15, -0.1) is 0 Å². The lowest BCUT2D eigenvalue weighted by atomic mass is 10.1. The maximum Gasteiger partial charge on any atom is 0.143 e. The molecular formula is C12H15ClN2S. The molecule has 1 saturated heterocycles. The lowest BCUT2D eigenvalue weighted by Gasteiger charge is -2.20. The van der Waals surface area contributed by atoms with Gasteiger partial charge in [0, 0.05) is 11.6 Å². The maximum atomic E-state index is 6.08. The van der Waals surface area contributed by atoms with E-state index in [2.05, 4.69) is 4.98 Å². The van der Waals surface area contributed by atoms with Crippen molar-refractivity contribution in [3.05, 3.63) is 22.7 Å². The standard InChI is InChI=1S/C12H15ClN2S/c13-11-7-9(8-4-5-8)14-12(15-11)10-3-1-2-6-16-10/h7-8,10H,1-6H2. The van der Waals surface area contributed by atoms with E-state index in [1.54, 1.807) is 0 Å². The highest BCUT2D eigenvalue weighted by Gasteiger charge is 2.27. The number of hydrogen-bond acceptors (Lipinski definition) is 3. The molecule has 1 aliphatic heterocycles. The lowest BCUT2D eigenvalue weighted by Crippen LogP contribution is -2.08. The highest BCUT2D eigenvalue weighted by molar-refractivity contribution is 7.99. The molecule has 0 bridgehead atoms. The van der Waals surface area contributed by atoms with E-state index in [9.17, 15) is 0 Å². The van der Waals surface area contributed by atoms with Crippen LogP contribution in [0.15, 0.2) is 6.07 Å². The largest absolute Gasteiger partial charge is 0.236 e. The molecule has 2 nitrogen and oxygen atoms in total. The topological polar surface area (TPSA) is 25.8 Å². The fraction of sp³-hybridized carbons (Fsp3) is 0.667. The first-order valence-electron chi connectivity index (χ1n) is 5.99. The minimum Gasteiger partial charge on any atom is -0.236 e. The Balaban J connectivity index is 1.86. The molecule has 2 heterocycles. The summed E-state index contributed by atoms with van der Waals surface area (Å²) in [4.78, 5) is 9.10. The zero-order chi connectivity index (χ0) is 11.0. The van der Waals surface area contributed by atoms with E-state index in [-0.39, 0.29) is 0 Å². The van der Waals surface area contributed by atoms with Crippen LogP contribution in [0.4, 0.5) is 0 Å². The van der Waals surface area contributed by atoms with Crippen molar-refractivity contribution >= 4 is 23.4 Å². The van der Waals surface area contributed by atoms with Gasteiger partial charge in [0.2, 0.25) is 0 Å². The second-order valence-corrected chi connectivity index (χ2v) is 6.30. The monoisotopic (exact) mass is 254 g/mol. The summed E-state index contributed by atoms with van der Waals surface area (Å²) >= 11 is 8.06. The Morgan fingerprint density at radius 1 is 1.19 bits per heavy atom. The summed E-state index contributed by atoms with van der Waals surface area (Å²) in [6.07, 6.45) is 6.37. The van der Waals surface area contributed by atoms with E-state index < -0.39 is 0 Å². The molecule has 1 aromatic rings. The molecule has 3 rings (SSSR count). The molecule has 16 heavy (non-hydrogen) atoms. The van der Waals surface area contributed by atoms with Crippen LogP contribution in [0.25, 0.3) is 0 Å². The first kappa shape index (κ1) is 10.8. The molecular weight excluding hydrogens is 240 g/mol. The van der Waals surface area contributed by atoms with Gasteiger partial charge in [-0.2, -0.15) is 11.8 Å². The number of thioether (sulfide) groups is 1. The number of aromatic nitrogens is 2. The zero-order valence-corrected chi connectivity index (χ0v) is 10.7. The molecule has 0 N–H and O–H groups in total. The molecule has 0 radical (unpaired) electrons. The van der Waals surface area contributed by atoms with E-state index in [0.717, 1.165) is 5.82 Å². The second kappa shape index (κ2) is 4.53. The smallest absolute Gasteiger partial charge is 0.143 e. The van der Waals surface area contributed by atoms with Crippen molar-refractivity contribution in [2.45, 2.75) is 43.3 Å². The van der Waals surface area contributed by atoms with Crippen LogP contribution >= 0.6 is 23.4 Å². The van der Waals surface area contributed by atoms with Crippen molar-refractivity contribution in [3.63, 3.8) is 0 Å². The predicted molar refractivity (Wildman–Crippen MR) is 68.1 cm³/mol. The highest BCUT2D eigenvalue weighted by atomic mass is 35.5. The average molecular weight is 255 g/mol. The number of hydrogen-bond donors (Lipinski definition) is 0. The Hall–Kier alpha value is -0.280. The van der Waals surface area contributed by atoms with Gasteiger partial charge in [0.25, 0.3) is 0 Å². The quantitative estimate of drug-likeness (QED) is 0.747. The van der Waals surface area contributed by atoms with Crippen LogP contribution in [0.3, 0.4) is 0 Å². The third-order valence-electron chi connectivity index (χ3n) is 3.20. The van der Waals surface area contributed by atoms with Crippen LogP contribution in [0.5, 0.6) is 0 Å². The molecule has 2 fully saturated rings. The Labute approximate surface area is 105 Å². The van der Waals surface area contributed by atoms with Crippen LogP contribution in [-0.4, -0.2) is 15.7 Å². The summed E-state index contributed by atoms with van der Waals surface area (Å²) in [6, 6.07) is 1.94. The summed E-state index contributed by atoms with van der Waals surface area (Å²) in [5.41, 5.74) is 1.17. The lowest BCUT2D eigenvalue weighted by molar-refractivity contribution is 0.658. The van der Waals surface area contributed by atoms with Gasteiger partial charge in [-0.05, 0) is 37.5 Å². The van der Waals surface area contributed by atoms with Crippen molar-refractivity contribution in [1.82, 2.24) is 9.97 Å². The Morgan fingerprint density at radius 3 is 2.75 bits per heavy atom. The van der Waals surface area contributed by atoms with E-state index in [1.807, 2.05) is 17.8 Å². The molecule has 2 aliphatic rings. The van der Waals surface area contributed by atoms with Crippen molar-refractivity contribution in [2.75, 3.05) is 5.75 Å². The third-order valence-corrected chi connectivity index (χ3v) is 4.76. The average Bonchev–Trinajstić information content (AvgIpc) is 3.13. The molecule has 86 valence electrons. The molecule has 0 spiro atoms. The summed E-state index contributed by atoms with van der Waals surface area (Å²) < 4.78 is 0. The van der Waals surface area contributed by atoms with Crippen molar-refractivity contribution in [2.24, 2.45) is 0 Å². The molecule has 1 aliphatic carbocycles. The van der Waals surface area contributed by atoms with Gasteiger partial charge < -0.3 is 0 Å². The highest BCUT2D eigenvalue weighted by Crippen LogP contribution is 2.42. The molecule has 1 aromatic heterocycles. The fourth-order valence-electron chi connectivity index (χ4n) is 2.13. The predicted octanol–water partition coefficient (Wildman–Crippen LogP) is 3.97. The number of rotatable bonds is 2. The second-order valence-electron chi connectivity index (χ2n) is 4.60. The van der Waals surface area contributed by atoms with Crippen molar-refractivity contribution < 1.29 is 0 Å². The van der Waals surface area contributed by atoms with Gasteiger partial charge in [0.1, 0.15) is 11.0 Å². The fourth-order valence-corrected chi connectivity index (χ4v) is 3.57. The van der Waals surface area contributed by atoms with Crippen molar-refractivity contribution in [3.8, 4) is 0 Å². The number of halogens is 1. The Morgan fingerprint density at radius 2 is 2.06 bits per heavy atom. The Bertz CT molecular complexity index is 387. The van der Waals surface area contributed by atoms with Gasteiger partial charge in [0.15, 0.2) is 0 Å². The molecule has 1 saturated carbocycles. The Kier molecular flexibility index (Phi) is 3.07. The van der Waals surface area contributed by atoms with Gasteiger partial charge in [-0.3, -0.25) is 0 Å². The maximum absolute atomic E-state index is 6.08. The van der Waals surface area contributed by atoms with E-state index >= 15 is 0 Å². The summed E-state index contributed by atoms with van der Waals surface area (Å²) in [5.74, 6) is 2.87. The zero-order valence-electron chi connectivity index (χ0n) is 9.16. The first-order valence-corrected chi connectivity index (χ1v) is 7.41. The van der Waals surface area contributed by atoms with Crippen LogP contribution < -0.4 is 0 Å². The van der Waals surface area contributed by atoms with Gasteiger partial charge in [-0.25, -0.2) is 9.97 Å². The third kappa shape index (κ3) is 2.35. The van der Waals surface area contributed by atoms with Crippen LogP contribution in [-0.2, 0) is 0 Å². The van der Waals surface area contributed by atoms with E-state index in [0.29, 0.717) is 16.3 Å². The van der Waals surface area contributed by atoms with E-state index in [4.69, 9.17) is 16.6 Å². The SMILES string of the molecule is Clc1cc(C2CC2)nc(C2CCCCS2)n1. The normalized spacial score (nSPS) is 25.7. The van der Waals surface area contributed by atoms with Gasteiger partial charge in [0.05, 0.1) is 5.25 Å². The molecule has 4 heteroatoms.